The van der Waals surface area contributed by atoms with Gasteiger partial charge in [0.2, 0.25) is 0 Å². The zero-order valence-electron chi connectivity index (χ0n) is 14.1. The smallest absolute Gasteiger partial charge is 0.329 e. The Hall–Kier alpha value is -3.67. The summed E-state index contributed by atoms with van der Waals surface area (Å²) in [6.07, 6.45) is 1.32. The molecule has 0 heterocycles. The van der Waals surface area contributed by atoms with E-state index in [1.807, 2.05) is 43.3 Å². The number of nitrogens with zero attached hydrogens (tertiary/aromatic N) is 1. The SMILES string of the molecule is Cc1ccccc1NC(=O)C(=O)N/N=C\c1c(O)ccc2ccccc12. The van der Waals surface area contributed by atoms with Crippen molar-refractivity contribution in [2.75, 3.05) is 5.32 Å². The summed E-state index contributed by atoms with van der Waals surface area (Å²) in [4.78, 5) is 23.8. The zero-order valence-corrected chi connectivity index (χ0v) is 14.1. The first-order chi connectivity index (χ1) is 12.6. The van der Waals surface area contributed by atoms with Gasteiger partial charge in [-0.1, -0.05) is 48.5 Å². The van der Waals surface area contributed by atoms with Crippen molar-refractivity contribution in [2.45, 2.75) is 6.92 Å². The number of hydrogen-bond donors (Lipinski definition) is 3. The average molecular weight is 347 g/mol. The number of fused-ring (bicyclic) bond motifs is 1. The molecular formula is C20H17N3O3. The van der Waals surface area contributed by atoms with Gasteiger partial charge in [0.25, 0.3) is 0 Å². The summed E-state index contributed by atoms with van der Waals surface area (Å²) >= 11 is 0. The highest BCUT2D eigenvalue weighted by Crippen LogP contribution is 2.25. The minimum Gasteiger partial charge on any atom is -0.507 e. The Balaban J connectivity index is 1.71. The van der Waals surface area contributed by atoms with Crippen LogP contribution in [0.4, 0.5) is 5.69 Å². The molecule has 0 saturated heterocycles. The van der Waals surface area contributed by atoms with E-state index in [9.17, 15) is 14.7 Å². The van der Waals surface area contributed by atoms with Gasteiger partial charge in [-0.25, -0.2) is 5.43 Å². The van der Waals surface area contributed by atoms with Crippen molar-refractivity contribution in [3.63, 3.8) is 0 Å². The second-order valence-electron chi connectivity index (χ2n) is 5.69. The summed E-state index contributed by atoms with van der Waals surface area (Å²) in [6, 6.07) is 17.9. The molecule has 2 amide bonds. The molecule has 3 N–H and O–H groups in total. The lowest BCUT2D eigenvalue weighted by molar-refractivity contribution is -0.136. The van der Waals surface area contributed by atoms with Gasteiger partial charge in [-0.2, -0.15) is 5.10 Å². The number of para-hydroxylation sites is 1. The number of hydrazone groups is 1. The molecule has 26 heavy (non-hydrogen) atoms. The number of rotatable bonds is 3. The molecule has 6 nitrogen and oxygen atoms in total. The van der Waals surface area contributed by atoms with E-state index in [4.69, 9.17) is 0 Å². The summed E-state index contributed by atoms with van der Waals surface area (Å²) in [5.41, 5.74) is 4.03. The molecular weight excluding hydrogens is 330 g/mol. The van der Waals surface area contributed by atoms with E-state index < -0.39 is 11.8 Å². The molecule has 0 fully saturated rings. The van der Waals surface area contributed by atoms with Crippen LogP contribution < -0.4 is 10.7 Å². The molecule has 0 spiro atoms. The molecule has 130 valence electrons. The molecule has 3 aromatic rings. The first-order valence-electron chi connectivity index (χ1n) is 7.97. The van der Waals surface area contributed by atoms with Gasteiger partial charge in [-0.3, -0.25) is 9.59 Å². The Morgan fingerprint density at radius 3 is 2.50 bits per heavy atom. The minimum atomic E-state index is -0.899. The van der Waals surface area contributed by atoms with E-state index in [0.29, 0.717) is 11.3 Å². The molecule has 3 aromatic carbocycles. The molecule has 0 aliphatic rings. The number of nitrogens with one attached hydrogen (secondary N) is 2. The highest BCUT2D eigenvalue weighted by molar-refractivity contribution is 6.39. The highest BCUT2D eigenvalue weighted by Gasteiger charge is 2.13. The number of amides is 2. The maximum Gasteiger partial charge on any atom is 0.329 e. The summed E-state index contributed by atoms with van der Waals surface area (Å²) in [7, 11) is 0. The summed E-state index contributed by atoms with van der Waals surface area (Å²) in [6.45, 7) is 1.83. The van der Waals surface area contributed by atoms with Crippen LogP contribution in [0.25, 0.3) is 10.8 Å². The Labute approximate surface area is 150 Å². The normalized spacial score (nSPS) is 10.8. The number of phenolic OH excluding ortho intramolecular Hbond substituents is 1. The van der Waals surface area contributed by atoms with Crippen LogP contribution in [0.3, 0.4) is 0 Å². The van der Waals surface area contributed by atoms with E-state index in [1.165, 1.54) is 6.21 Å². The highest BCUT2D eigenvalue weighted by atomic mass is 16.3. The van der Waals surface area contributed by atoms with Crippen molar-refractivity contribution in [2.24, 2.45) is 5.10 Å². The fourth-order valence-electron chi connectivity index (χ4n) is 2.52. The van der Waals surface area contributed by atoms with Gasteiger partial charge in [0, 0.05) is 11.3 Å². The Bertz CT molecular complexity index is 1010. The molecule has 0 atom stereocenters. The van der Waals surface area contributed by atoms with Gasteiger partial charge in [-0.15, -0.1) is 0 Å². The number of phenols is 1. The molecule has 0 saturated carbocycles. The monoisotopic (exact) mass is 347 g/mol. The van der Waals surface area contributed by atoms with Crippen molar-refractivity contribution < 1.29 is 14.7 Å². The largest absolute Gasteiger partial charge is 0.507 e. The summed E-state index contributed by atoms with van der Waals surface area (Å²) in [5, 5.41) is 18.1. The van der Waals surface area contributed by atoms with Gasteiger partial charge < -0.3 is 10.4 Å². The molecule has 6 heteroatoms. The second kappa shape index (κ2) is 7.48. The van der Waals surface area contributed by atoms with Crippen LogP contribution in [0.15, 0.2) is 65.8 Å². The maximum atomic E-state index is 11.9. The third-order valence-electron chi connectivity index (χ3n) is 3.91. The molecule has 0 radical (unpaired) electrons. The molecule has 0 aliphatic carbocycles. The molecule has 0 unspecified atom stereocenters. The van der Waals surface area contributed by atoms with E-state index in [2.05, 4.69) is 15.8 Å². The fourth-order valence-corrected chi connectivity index (χ4v) is 2.52. The van der Waals surface area contributed by atoms with Crippen LogP contribution >= 0.6 is 0 Å². The number of benzene rings is 3. The maximum absolute atomic E-state index is 11.9. The van der Waals surface area contributed by atoms with Crippen LogP contribution in [0, 0.1) is 6.92 Å². The first kappa shape index (κ1) is 17.2. The van der Waals surface area contributed by atoms with Crippen molar-refractivity contribution >= 4 is 34.5 Å². The molecule has 0 aliphatic heterocycles. The third kappa shape index (κ3) is 3.70. The topological polar surface area (TPSA) is 90.8 Å². The minimum absolute atomic E-state index is 0.0334. The summed E-state index contributed by atoms with van der Waals surface area (Å²) < 4.78 is 0. The quantitative estimate of drug-likeness (QED) is 0.386. The Morgan fingerprint density at radius 2 is 1.69 bits per heavy atom. The van der Waals surface area contributed by atoms with Gasteiger partial charge in [0.1, 0.15) is 5.75 Å². The number of carbonyl (C=O) groups is 2. The molecule has 3 rings (SSSR count). The van der Waals surface area contributed by atoms with Crippen LogP contribution in [-0.2, 0) is 9.59 Å². The Morgan fingerprint density at radius 1 is 0.962 bits per heavy atom. The lowest BCUT2D eigenvalue weighted by Crippen LogP contribution is -2.32. The van der Waals surface area contributed by atoms with Crippen molar-refractivity contribution in [3.8, 4) is 5.75 Å². The van der Waals surface area contributed by atoms with E-state index >= 15 is 0 Å². The Kier molecular flexibility index (Phi) is 4.94. The van der Waals surface area contributed by atoms with Gasteiger partial charge in [0.05, 0.1) is 6.21 Å². The lowest BCUT2D eigenvalue weighted by Gasteiger charge is -2.07. The third-order valence-corrected chi connectivity index (χ3v) is 3.91. The van der Waals surface area contributed by atoms with Gasteiger partial charge in [-0.05, 0) is 35.4 Å². The van der Waals surface area contributed by atoms with Crippen molar-refractivity contribution in [1.82, 2.24) is 5.43 Å². The first-order valence-corrected chi connectivity index (χ1v) is 7.97. The lowest BCUT2D eigenvalue weighted by atomic mass is 10.0. The van der Waals surface area contributed by atoms with Gasteiger partial charge >= 0.3 is 11.8 Å². The summed E-state index contributed by atoms with van der Waals surface area (Å²) in [5.74, 6) is -1.69. The van der Waals surface area contributed by atoms with E-state index in [1.54, 1.807) is 24.3 Å². The second-order valence-corrected chi connectivity index (χ2v) is 5.69. The average Bonchev–Trinajstić information content (AvgIpc) is 2.65. The number of carbonyl (C=O) groups excluding carboxylic acids is 2. The predicted molar refractivity (Wildman–Crippen MR) is 101 cm³/mol. The van der Waals surface area contributed by atoms with Crippen LogP contribution in [0.5, 0.6) is 5.75 Å². The fraction of sp³-hybridized carbons (Fsp3) is 0.0500. The van der Waals surface area contributed by atoms with Gasteiger partial charge in [0.15, 0.2) is 0 Å². The number of hydrogen-bond acceptors (Lipinski definition) is 4. The van der Waals surface area contributed by atoms with E-state index in [0.717, 1.165) is 16.3 Å². The molecule has 0 bridgehead atoms. The predicted octanol–water partition coefficient (Wildman–Crippen LogP) is 2.94. The zero-order chi connectivity index (χ0) is 18.5. The number of anilines is 1. The standard InChI is InChI=1S/C20H17N3O3/c1-13-6-2-5-9-17(13)22-19(25)20(26)23-21-12-16-15-8-4-3-7-14(15)10-11-18(16)24/h2-12,24H,1H3,(H,22,25)(H,23,26)/b21-12-. The number of aromatic hydroxyl groups is 1. The van der Waals surface area contributed by atoms with Crippen molar-refractivity contribution in [3.05, 3.63) is 71.8 Å². The van der Waals surface area contributed by atoms with Crippen LogP contribution in [0.2, 0.25) is 0 Å². The van der Waals surface area contributed by atoms with Crippen LogP contribution in [-0.4, -0.2) is 23.1 Å². The van der Waals surface area contributed by atoms with Crippen LogP contribution in [0.1, 0.15) is 11.1 Å². The number of aryl methyl sites for hydroxylation is 1. The molecule has 0 aromatic heterocycles. The van der Waals surface area contributed by atoms with E-state index in [-0.39, 0.29) is 5.75 Å². The van der Waals surface area contributed by atoms with Crippen molar-refractivity contribution in [1.29, 1.82) is 0 Å².